The van der Waals surface area contributed by atoms with Crippen molar-refractivity contribution in [3.05, 3.63) is 48.3 Å². The first-order valence-electron chi connectivity index (χ1n) is 11.3. The van der Waals surface area contributed by atoms with Crippen molar-refractivity contribution in [1.82, 2.24) is 14.9 Å². The zero-order valence-corrected chi connectivity index (χ0v) is 17.3. The lowest BCUT2D eigenvalue weighted by atomic mass is 10.1. The fourth-order valence-corrected chi connectivity index (χ4v) is 3.54. The highest BCUT2D eigenvalue weighted by molar-refractivity contribution is 6.05. The number of carbonyl (C=O) groups is 2. The molecule has 3 aromatic rings. The van der Waals surface area contributed by atoms with E-state index in [-0.39, 0.29) is 28.9 Å². The molecule has 1 aromatic carbocycles. The Bertz CT molecular complexity index is 1300. The first-order chi connectivity index (χ1) is 16.1. The van der Waals surface area contributed by atoms with Gasteiger partial charge in [0.05, 0.1) is 35.0 Å². The molecule has 0 unspecified atom stereocenters. The summed E-state index contributed by atoms with van der Waals surface area (Å²) in [4.78, 5) is 29.1. The molecule has 1 aliphatic carbocycles. The van der Waals surface area contributed by atoms with Crippen LogP contribution in [0.25, 0.3) is 17.0 Å². The van der Waals surface area contributed by atoms with Crippen molar-refractivity contribution in [3.63, 3.8) is 0 Å². The third-order valence-corrected chi connectivity index (χ3v) is 5.29. The predicted molar refractivity (Wildman–Crippen MR) is 122 cm³/mol. The molecular formula is C23H25N5O3. The number of pyridine rings is 1. The van der Waals surface area contributed by atoms with Crippen LogP contribution < -0.4 is 20.7 Å². The number of rotatable bonds is 7. The number of fused-ring (bicyclic) bond motifs is 1. The maximum atomic E-state index is 12.7. The maximum absolute atomic E-state index is 12.7. The minimum atomic E-state index is -2.67. The second-order valence-electron chi connectivity index (χ2n) is 7.40. The highest BCUT2D eigenvalue weighted by atomic mass is 16.5. The van der Waals surface area contributed by atoms with Gasteiger partial charge in [-0.3, -0.25) is 9.59 Å². The molecule has 0 spiro atoms. The Morgan fingerprint density at radius 2 is 2.16 bits per heavy atom. The van der Waals surface area contributed by atoms with Crippen LogP contribution in [0.5, 0.6) is 5.75 Å². The van der Waals surface area contributed by atoms with E-state index in [4.69, 9.17) is 8.85 Å². The lowest BCUT2D eigenvalue weighted by Crippen LogP contribution is -2.20. The Labute approximate surface area is 184 Å². The van der Waals surface area contributed by atoms with Gasteiger partial charge >= 0.3 is 0 Å². The average molecular weight is 423 g/mol. The number of hydrogen-bond acceptors (Lipinski definition) is 5. The van der Waals surface area contributed by atoms with Gasteiger partial charge in [0.15, 0.2) is 0 Å². The Balaban J connectivity index is 1.80. The fraction of sp³-hybridized carbons (Fsp3) is 0.261. The number of aryl methyl sites for hydroxylation is 1. The number of hydrogen-bond donors (Lipinski definition) is 3. The number of benzene rings is 1. The van der Waals surface area contributed by atoms with Crippen LogP contribution in [-0.2, 0) is 11.8 Å². The Morgan fingerprint density at radius 1 is 1.35 bits per heavy atom. The first-order valence-corrected chi connectivity index (χ1v) is 9.80. The minimum absolute atomic E-state index is 0.0105. The molecule has 0 aliphatic heterocycles. The zero-order chi connectivity index (χ0) is 24.6. The lowest BCUT2D eigenvalue weighted by molar-refractivity contribution is -0.117. The van der Waals surface area contributed by atoms with Crippen LogP contribution in [0.1, 0.15) is 32.9 Å². The molecule has 3 N–H and O–H groups in total. The van der Waals surface area contributed by atoms with Gasteiger partial charge < -0.3 is 25.3 Å². The number of aromatic nitrogens is 2. The summed E-state index contributed by atoms with van der Waals surface area (Å²) >= 11 is 0. The molecule has 1 aliphatic rings. The molecule has 0 saturated heterocycles. The number of amides is 2. The van der Waals surface area contributed by atoms with Gasteiger partial charge in [0.2, 0.25) is 5.91 Å². The van der Waals surface area contributed by atoms with Crippen molar-refractivity contribution in [2.24, 2.45) is 13.0 Å². The molecule has 2 amide bonds. The number of nitrogens with zero attached hydrogens (tertiary/aromatic N) is 2. The quantitative estimate of drug-likeness (QED) is 0.540. The molecule has 1 fully saturated rings. The van der Waals surface area contributed by atoms with E-state index in [0.717, 1.165) is 29.3 Å². The van der Waals surface area contributed by atoms with E-state index < -0.39 is 12.9 Å². The molecule has 8 heteroatoms. The Kier molecular flexibility index (Phi) is 4.44. The van der Waals surface area contributed by atoms with Crippen LogP contribution >= 0.6 is 0 Å². The van der Waals surface area contributed by atoms with Crippen molar-refractivity contribution in [2.45, 2.75) is 12.8 Å². The van der Waals surface area contributed by atoms with Crippen LogP contribution in [0.2, 0.25) is 0 Å². The summed E-state index contributed by atoms with van der Waals surface area (Å²) in [7, 11) is 3.43. The molecule has 1 saturated carbocycles. The van der Waals surface area contributed by atoms with Gasteiger partial charge in [0.1, 0.15) is 11.6 Å². The van der Waals surface area contributed by atoms with Crippen LogP contribution in [0, 0.1) is 5.92 Å². The summed E-state index contributed by atoms with van der Waals surface area (Å²) in [6.45, 7) is 1.16. The second kappa shape index (κ2) is 8.14. The van der Waals surface area contributed by atoms with Gasteiger partial charge in [-0.1, -0.05) is 12.7 Å². The SMILES string of the molecule is [2H]C([2H])([2H])NC(=O)c1cnc(NC(=O)C2CC2)cc1Nc1cn(C)c2ccc(C=C)c(OC)c12. The van der Waals surface area contributed by atoms with Gasteiger partial charge in [-0.05, 0) is 25.0 Å². The summed E-state index contributed by atoms with van der Waals surface area (Å²) in [6.07, 6.45) is 6.41. The van der Waals surface area contributed by atoms with Crippen LogP contribution in [0.15, 0.2) is 37.2 Å². The molecule has 0 bridgehead atoms. The van der Waals surface area contributed by atoms with Gasteiger partial charge in [-0.25, -0.2) is 4.98 Å². The summed E-state index contributed by atoms with van der Waals surface area (Å²) in [5.74, 6) is -0.143. The largest absolute Gasteiger partial charge is 0.495 e. The predicted octanol–water partition coefficient (Wildman–Crippen LogP) is 3.68. The molecular weight excluding hydrogens is 394 g/mol. The van der Waals surface area contributed by atoms with E-state index in [2.05, 4.69) is 22.2 Å². The van der Waals surface area contributed by atoms with E-state index in [1.807, 2.05) is 35.3 Å². The third kappa shape index (κ3) is 3.84. The Morgan fingerprint density at radius 3 is 2.84 bits per heavy atom. The number of ether oxygens (including phenoxy) is 1. The number of methoxy groups -OCH3 is 1. The lowest BCUT2D eigenvalue weighted by Gasteiger charge is -2.14. The number of nitrogens with one attached hydrogen (secondary N) is 3. The molecule has 2 heterocycles. The van der Waals surface area contributed by atoms with Crippen molar-refractivity contribution < 1.29 is 18.4 Å². The van der Waals surface area contributed by atoms with Gasteiger partial charge in [-0.2, -0.15) is 0 Å². The molecule has 31 heavy (non-hydrogen) atoms. The molecule has 0 atom stereocenters. The highest BCUT2D eigenvalue weighted by Gasteiger charge is 2.30. The third-order valence-electron chi connectivity index (χ3n) is 5.29. The van der Waals surface area contributed by atoms with E-state index >= 15 is 0 Å². The van der Waals surface area contributed by atoms with Crippen LogP contribution in [0.4, 0.5) is 17.2 Å². The monoisotopic (exact) mass is 422 g/mol. The number of carbonyl (C=O) groups excluding carboxylic acids is 2. The second-order valence-corrected chi connectivity index (χ2v) is 7.40. The van der Waals surface area contributed by atoms with Gasteiger partial charge in [0, 0.05) is 48.1 Å². The topological polar surface area (TPSA) is 97.3 Å². The molecule has 160 valence electrons. The molecule has 0 radical (unpaired) electrons. The van der Waals surface area contributed by atoms with Gasteiger partial charge in [-0.15, -0.1) is 0 Å². The normalized spacial score (nSPS) is 14.8. The smallest absolute Gasteiger partial charge is 0.254 e. The van der Waals surface area contributed by atoms with Crippen LogP contribution in [0.3, 0.4) is 0 Å². The van der Waals surface area contributed by atoms with E-state index in [1.165, 1.54) is 12.3 Å². The van der Waals surface area contributed by atoms with Crippen molar-refractivity contribution in [2.75, 3.05) is 24.7 Å². The average Bonchev–Trinajstić information content (AvgIpc) is 3.57. The molecule has 8 nitrogen and oxygen atoms in total. The van der Waals surface area contributed by atoms with Crippen LogP contribution in [-0.4, -0.2) is 35.5 Å². The van der Waals surface area contributed by atoms with E-state index in [9.17, 15) is 9.59 Å². The molecule has 2 aromatic heterocycles. The molecule has 4 rings (SSSR count). The van der Waals surface area contributed by atoms with Gasteiger partial charge in [0.25, 0.3) is 5.91 Å². The van der Waals surface area contributed by atoms with Crippen molar-refractivity contribution in [3.8, 4) is 5.75 Å². The fourth-order valence-electron chi connectivity index (χ4n) is 3.54. The maximum Gasteiger partial charge on any atom is 0.254 e. The van der Waals surface area contributed by atoms with E-state index in [1.54, 1.807) is 13.2 Å². The first kappa shape index (κ1) is 16.9. The summed E-state index contributed by atoms with van der Waals surface area (Å²) < 4.78 is 29.7. The number of anilines is 3. The van der Waals surface area contributed by atoms with Crippen molar-refractivity contribution >= 4 is 46.0 Å². The standard InChI is InChI=1S/C23H25N5O3/c1-5-13-8-9-18-20(21(13)31-4)17(12-28(18)3)26-16-10-19(27-22(29)14-6-7-14)25-11-15(16)23(30)24-2/h5,8-12,14H,1,6-7H2,2-4H3,(H,24,30)(H2,25,26,27,29)/i2D3. The summed E-state index contributed by atoms with van der Waals surface area (Å²) in [5.41, 5.74) is 2.57. The minimum Gasteiger partial charge on any atom is -0.495 e. The van der Waals surface area contributed by atoms with Crippen molar-refractivity contribution in [1.29, 1.82) is 0 Å². The summed E-state index contributed by atoms with van der Waals surface area (Å²) in [6, 6.07) is 5.33. The Hall–Kier alpha value is -3.81. The zero-order valence-electron chi connectivity index (χ0n) is 20.3. The summed E-state index contributed by atoms with van der Waals surface area (Å²) in [5, 5.41) is 8.71. The van der Waals surface area contributed by atoms with E-state index in [0.29, 0.717) is 11.4 Å². The highest BCUT2D eigenvalue weighted by Crippen LogP contribution is 2.39.